The van der Waals surface area contributed by atoms with E-state index < -0.39 is 0 Å². The molecule has 1 unspecified atom stereocenters. The van der Waals surface area contributed by atoms with Gasteiger partial charge in [-0.05, 0) is 65.3 Å². The van der Waals surface area contributed by atoms with E-state index in [0.29, 0.717) is 0 Å². The second kappa shape index (κ2) is 5.50. The molecule has 19 heavy (non-hydrogen) atoms. The number of rotatable bonds is 2. The molecule has 98 valence electrons. The number of hydrogen-bond acceptors (Lipinski definition) is 0. The highest BCUT2D eigenvalue weighted by Gasteiger charge is 2.13. The summed E-state index contributed by atoms with van der Waals surface area (Å²) in [6.07, 6.45) is 7.61. The monoisotopic (exact) mass is 314 g/mol. The summed E-state index contributed by atoms with van der Waals surface area (Å²) in [5, 5.41) is 2.64. The fourth-order valence-electron chi connectivity index (χ4n) is 2.94. The second-order valence-corrected chi connectivity index (χ2v) is 6.40. The van der Waals surface area contributed by atoms with Crippen molar-refractivity contribution in [2.75, 3.05) is 0 Å². The average molecular weight is 315 g/mol. The highest BCUT2D eigenvalue weighted by molar-refractivity contribution is 9.10. The van der Waals surface area contributed by atoms with Gasteiger partial charge < -0.3 is 0 Å². The van der Waals surface area contributed by atoms with Crippen LogP contribution in [0.4, 0.5) is 0 Å². The SMILES string of the molecule is CCC1CC=C(c2ccc3cc(Br)ccc3c2)CC1. The Kier molecular flexibility index (Phi) is 3.74. The van der Waals surface area contributed by atoms with Crippen LogP contribution in [0, 0.1) is 5.92 Å². The van der Waals surface area contributed by atoms with Crippen molar-refractivity contribution >= 4 is 32.3 Å². The van der Waals surface area contributed by atoms with E-state index in [0.717, 1.165) is 10.4 Å². The van der Waals surface area contributed by atoms with Crippen molar-refractivity contribution in [3.63, 3.8) is 0 Å². The Labute approximate surface area is 123 Å². The summed E-state index contributed by atoms with van der Waals surface area (Å²) in [6.45, 7) is 2.30. The molecule has 3 rings (SSSR count). The molecule has 0 saturated carbocycles. The van der Waals surface area contributed by atoms with Crippen LogP contribution in [0.3, 0.4) is 0 Å². The molecule has 0 nitrogen and oxygen atoms in total. The minimum Gasteiger partial charge on any atom is -0.0804 e. The smallest absolute Gasteiger partial charge is 0.0181 e. The van der Waals surface area contributed by atoms with E-state index in [1.165, 1.54) is 47.6 Å². The van der Waals surface area contributed by atoms with Crippen molar-refractivity contribution in [1.29, 1.82) is 0 Å². The lowest BCUT2D eigenvalue weighted by Gasteiger charge is -2.21. The van der Waals surface area contributed by atoms with E-state index in [4.69, 9.17) is 0 Å². The highest BCUT2D eigenvalue weighted by Crippen LogP contribution is 2.33. The molecule has 2 aromatic rings. The Morgan fingerprint density at radius 1 is 1.11 bits per heavy atom. The standard InChI is InChI=1S/C18H19Br/c1-2-13-3-5-14(6-4-13)15-7-8-17-12-18(19)10-9-16(17)11-15/h5,7-13H,2-4,6H2,1H3. The van der Waals surface area contributed by atoms with Gasteiger partial charge in [0.25, 0.3) is 0 Å². The van der Waals surface area contributed by atoms with Crippen LogP contribution in [-0.2, 0) is 0 Å². The molecule has 0 N–H and O–H groups in total. The quantitative estimate of drug-likeness (QED) is 0.619. The molecule has 0 spiro atoms. The van der Waals surface area contributed by atoms with E-state index in [1.54, 1.807) is 0 Å². The lowest BCUT2D eigenvalue weighted by molar-refractivity contribution is 0.471. The normalized spacial score (nSPS) is 19.5. The van der Waals surface area contributed by atoms with Crippen molar-refractivity contribution in [3.05, 3.63) is 52.5 Å². The maximum atomic E-state index is 3.53. The van der Waals surface area contributed by atoms with Gasteiger partial charge in [-0.1, -0.05) is 53.5 Å². The fraction of sp³-hybridized carbons (Fsp3) is 0.333. The van der Waals surface area contributed by atoms with E-state index >= 15 is 0 Å². The zero-order valence-corrected chi connectivity index (χ0v) is 12.9. The molecule has 1 aliphatic rings. The lowest BCUT2D eigenvalue weighted by Crippen LogP contribution is -2.03. The summed E-state index contributed by atoms with van der Waals surface area (Å²) in [7, 11) is 0. The van der Waals surface area contributed by atoms with Gasteiger partial charge in [0, 0.05) is 4.47 Å². The van der Waals surface area contributed by atoms with Gasteiger partial charge in [0.2, 0.25) is 0 Å². The first-order chi connectivity index (χ1) is 9.26. The predicted octanol–water partition coefficient (Wildman–Crippen LogP) is 6.20. The van der Waals surface area contributed by atoms with Gasteiger partial charge >= 0.3 is 0 Å². The predicted molar refractivity (Wildman–Crippen MR) is 87.3 cm³/mol. The van der Waals surface area contributed by atoms with Crippen LogP contribution in [0.5, 0.6) is 0 Å². The summed E-state index contributed by atoms with van der Waals surface area (Å²) in [4.78, 5) is 0. The van der Waals surface area contributed by atoms with Crippen LogP contribution in [0.25, 0.3) is 16.3 Å². The minimum absolute atomic E-state index is 0.903. The third kappa shape index (κ3) is 2.76. The second-order valence-electron chi connectivity index (χ2n) is 5.48. The molecule has 0 radical (unpaired) electrons. The van der Waals surface area contributed by atoms with Crippen molar-refractivity contribution < 1.29 is 0 Å². The molecule has 1 heteroatoms. The Hall–Kier alpha value is -1.08. The first-order valence-corrected chi connectivity index (χ1v) is 7.94. The van der Waals surface area contributed by atoms with Crippen LogP contribution in [0.15, 0.2) is 46.9 Å². The topological polar surface area (TPSA) is 0 Å². The molecule has 0 fully saturated rings. The van der Waals surface area contributed by atoms with Crippen molar-refractivity contribution in [2.45, 2.75) is 32.6 Å². The van der Waals surface area contributed by atoms with Gasteiger partial charge in [0.15, 0.2) is 0 Å². The number of halogens is 1. The number of hydrogen-bond donors (Lipinski definition) is 0. The average Bonchev–Trinajstić information content (AvgIpc) is 2.47. The fourth-order valence-corrected chi connectivity index (χ4v) is 3.32. The number of fused-ring (bicyclic) bond motifs is 1. The van der Waals surface area contributed by atoms with Crippen LogP contribution in [0.2, 0.25) is 0 Å². The van der Waals surface area contributed by atoms with Crippen LogP contribution < -0.4 is 0 Å². The van der Waals surface area contributed by atoms with Crippen LogP contribution in [0.1, 0.15) is 38.2 Å². The van der Waals surface area contributed by atoms with Crippen molar-refractivity contribution in [2.24, 2.45) is 5.92 Å². The Bertz CT molecular complexity index is 625. The molecular weight excluding hydrogens is 296 g/mol. The minimum atomic E-state index is 0.903. The lowest BCUT2D eigenvalue weighted by atomic mass is 9.85. The molecule has 0 aromatic heterocycles. The molecule has 0 bridgehead atoms. The van der Waals surface area contributed by atoms with Gasteiger partial charge in [-0.2, -0.15) is 0 Å². The van der Waals surface area contributed by atoms with Crippen molar-refractivity contribution in [1.82, 2.24) is 0 Å². The Morgan fingerprint density at radius 3 is 2.63 bits per heavy atom. The largest absolute Gasteiger partial charge is 0.0804 e. The third-order valence-electron chi connectivity index (χ3n) is 4.27. The summed E-state index contributed by atoms with van der Waals surface area (Å²) in [5.74, 6) is 0.903. The molecule has 0 aliphatic heterocycles. The highest BCUT2D eigenvalue weighted by atomic mass is 79.9. The molecule has 0 heterocycles. The first kappa shape index (κ1) is 12.9. The molecule has 0 amide bonds. The molecule has 0 saturated heterocycles. The number of allylic oxidation sites excluding steroid dienone is 2. The zero-order valence-electron chi connectivity index (χ0n) is 11.3. The maximum Gasteiger partial charge on any atom is 0.0181 e. The molecule has 1 atom stereocenters. The third-order valence-corrected chi connectivity index (χ3v) is 4.76. The van der Waals surface area contributed by atoms with Gasteiger partial charge in [-0.3, -0.25) is 0 Å². The van der Waals surface area contributed by atoms with E-state index in [1.807, 2.05) is 0 Å². The Balaban J connectivity index is 1.93. The molecule has 2 aromatic carbocycles. The molecule has 1 aliphatic carbocycles. The maximum absolute atomic E-state index is 3.53. The Morgan fingerprint density at radius 2 is 1.89 bits per heavy atom. The number of benzene rings is 2. The van der Waals surface area contributed by atoms with Gasteiger partial charge in [-0.15, -0.1) is 0 Å². The van der Waals surface area contributed by atoms with Crippen LogP contribution in [-0.4, -0.2) is 0 Å². The van der Waals surface area contributed by atoms with Gasteiger partial charge in [0.05, 0.1) is 0 Å². The summed E-state index contributed by atoms with van der Waals surface area (Å²) in [6, 6.07) is 13.3. The van der Waals surface area contributed by atoms with Crippen LogP contribution >= 0.6 is 15.9 Å². The van der Waals surface area contributed by atoms with E-state index in [9.17, 15) is 0 Å². The van der Waals surface area contributed by atoms with Gasteiger partial charge in [0.1, 0.15) is 0 Å². The summed E-state index contributed by atoms with van der Waals surface area (Å²) < 4.78 is 1.15. The summed E-state index contributed by atoms with van der Waals surface area (Å²) >= 11 is 3.53. The summed E-state index contributed by atoms with van der Waals surface area (Å²) in [5.41, 5.74) is 2.94. The molecular formula is C18H19Br. The van der Waals surface area contributed by atoms with E-state index in [-0.39, 0.29) is 0 Å². The van der Waals surface area contributed by atoms with E-state index in [2.05, 4.69) is 65.3 Å². The zero-order chi connectivity index (χ0) is 13.2. The van der Waals surface area contributed by atoms with Gasteiger partial charge in [-0.25, -0.2) is 0 Å². The van der Waals surface area contributed by atoms with Crippen molar-refractivity contribution in [3.8, 4) is 0 Å². The first-order valence-electron chi connectivity index (χ1n) is 7.15.